The number of nitrogens with zero attached hydrogens (tertiary/aromatic N) is 1. The van der Waals surface area contributed by atoms with E-state index in [1.54, 1.807) is 0 Å². The number of hydrogen-bond acceptors (Lipinski definition) is 1. The average Bonchev–Trinajstić information content (AvgIpc) is 2.85. The van der Waals surface area contributed by atoms with Crippen LogP contribution in [0.3, 0.4) is 0 Å². The molecule has 0 atom stereocenters. The van der Waals surface area contributed by atoms with Gasteiger partial charge in [-0.05, 0) is 44.6 Å². The standard InChI is InChI=1S/C10H18ClN/c11-6-1-7-12(10-4-5-10)8-9-2-3-9/h9-10H,1-8H2. The minimum atomic E-state index is 0.827. The molecule has 0 unspecified atom stereocenters. The monoisotopic (exact) mass is 187 g/mol. The third kappa shape index (κ3) is 2.63. The van der Waals surface area contributed by atoms with Crippen LogP contribution in [-0.2, 0) is 0 Å². The zero-order chi connectivity index (χ0) is 8.39. The fraction of sp³-hybridized carbons (Fsp3) is 1.00. The largest absolute Gasteiger partial charge is 0.300 e. The lowest BCUT2D eigenvalue weighted by molar-refractivity contribution is 0.254. The summed E-state index contributed by atoms with van der Waals surface area (Å²) >= 11 is 5.70. The summed E-state index contributed by atoms with van der Waals surface area (Å²) in [7, 11) is 0. The summed E-state index contributed by atoms with van der Waals surface area (Å²) in [6, 6.07) is 0.939. The van der Waals surface area contributed by atoms with Crippen LogP contribution in [0.15, 0.2) is 0 Å². The lowest BCUT2D eigenvalue weighted by Crippen LogP contribution is -2.29. The van der Waals surface area contributed by atoms with Crippen LogP contribution in [-0.4, -0.2) is 29.9 Å². The second-order valence-corrected chi connectivity index (χ2v) is 4.59. The molecule has 0 aromatic heterocycles. The molecule has 0 saturated heterocycles. The summed E-state index contributed by atoms with van der Waals surface area (Å²) in [5.41, 5.74) is 0. The van der Waals surface area contributed by atoms with Gasteiger partial charge in [0.15, 0.2) is 0 Å². The van der Waals surface area contributed by atoms with Gasteiger partial charge >= 0.3 is 0 Å². The number of alkyl halides is 1. The summed E-state index contributed by atoms with van der Waals surface area (Å²) in [6.07, 6.45) is 7.00. The van der Waals surface area contributed by atoms with Crippen LogP contribution >= 0.6 is 11.6 Å². The third-order valence-electron chi connectivity index (χ3n) is 2.83. The van der Waals surface area contributed by atoms with Crippen molar-refractivity contribution in [2.75, 3.05) is 19.0 Å². The summed E-state index contributed by atoms with van der Waals surface area (Å²) in [4.78, 5) is 2.67. The molecule has 0 spiro atoms. The van der Waals surface area contributed by atoms with Gasteiger partial charge in [0.2, 0.25) is 0 Å². The first-order valence-electron chi connectivity index (χ1n) is 5.20. The van der Waals surface area contributed by atoms with E-state index >= 15 is 0 Å². The van der Waals surface area contributed by atoms with Crippen molar-refractivity contribution in [1.29, 1.82) is 0 Å². The Balaban J connectivity index is 1.68. The highest BCUT2D eigenvalue weighted by Crippen LogP contribution is 2.34. The maximum absolute atomic E-state index is 5.70. The predicted octanol–water partition coefficient (Wildman–Crippen LogP) is 2.49. The fourth-order valence-electron chi connectivity index (χ4n) is 1.76. The highest BCUT2D eigenvalue weighted by atomic mass is 35.5. The second kappa shape index (κ2) is 3.97. The Morgan fingerprint density at radius 3 is 2.42 bits per heavy atom. The molecule has 2 aliphatic carbocycles. The first-order chi connectivity index (χ1) is 5.90. The lowest BCUT2D eigenvalue weighted by Gasteiger charge is -2.20. The first kappa shape index (κ1) is 8.83. The highest BCUT2D eigenvalue weighted by Gasteiger charge is 2.32. The molecule has 2 heteroatoms. The molecule has 12 heavy (non-hydrogen) atoms. The van der Waals surface area contributed by atoms with Gasteiger partial charge in [-0.1, -0.05) is 0 Å². The van der Waals surface area contributed by atoms with Gasteiger partial charge in [0.25, 0.3) is 0 Å². The topological polar surface area (TPSA) is 3.24 Å². The van der Waals surface area contributed by atoms with Crippen LogP contribution in [0.4, 0.5) is 0 Å². The van der Waals surface area contributed by atoms with Crippen molar-refractivity contribution in [2.45, 2.75) is 38.1 Å². The molecule has 2 fully saturated rings. The van der Waals surface area contributed by atoms with Crippen LogP contribution in [0, 0.1) is 5.92 Å². The Kier molecular flexibility index (Phi) is 2.92. The number of halogens is 1. The number of rotatable bonds is 6. The molecule has 1 nitrogen and oxygen atoms in total. The van der Waals surface area contributed by atoms with Crippen molar-refractivity contribution in [3.63, 3.8) is 0 Å². The Morgan fingerprint density at radius 2 is 1.92 bits per heavy atom. The van der Waals surface area contributed by atoms with E-state index in [4.69, 9.17) is 11.6 Å². The van der Waals surface area contributed by atoms with Gasteiger partial charge in [0.05, 0.1) is 0 Å². The van der Waals surface area contributed by atoms with E-state index in [9.17, 15) is 0 Å². The highest BCUT2D eigenvalue weighted by molar-refractivity contribution is 6.17. The van der Waals surface area contributed by atoms with Crippen molar-refractivity contribution in [1.82, 2.24) is 4.90 Å². The zero-order valence-electron chi connectivity index (χ0n) is 7.64. The van der Waals surface area contributed by atoms with Crippen molar-refractivity contribution in [3.8, 4) is 0 Å². The van der Waals surface area contributed by atoms with Crippen molar-refractivity contribution >= 4 is 11.6 Å². The van der Waals surface area contributed by atoms with E-state index < -0.39 is 0 Å². The van der Waals surface area contributed by atoms with E-state index in [1.165, 1.54) is 45.2 Å². The zero-order valence-corrected chi connectivity index (χ0v) is 8.39. The molecule has 0 bridgehead atoms. The van der Waals surface area contributed by atoms with E-state index in [1.807, 2.05) is 0 Å². The van der Waals surface area contributed by atoms with Crippen LogP contribution in [0.25, 0.3) is 0 Å². The second-order valence-electron chi connectivity index (χ2n) is 4.21. The summed E-state index contributed by atoms with van der Waals surface area (Å²) in [5, 5.41) is 0. The van der Waals surface area contributed by atoms with E-state index in [0.29, 0.717) is 0 Å². The van der Waals surface area contributed by atoms with Crippen LogP contribution < -0.4 is 0 Å². The molecule has 0 radical (unpaired) electrons. The minimum Gasteiger partial charge on any atom is -0.300 e. The summed E-state index contributed by atoms with van der Waals surface area (Å²) < 4.78 is 0. The van der Waals surface area contributed by atoms with Crippen molar-refractivity contribution < 1.29 is 0 Å². The van der Waals surface area contributed by atoms with E-state index in [2.05, 4.69) is 4.90 Å². The van der Waals surface area contributed by atoms with Gasteiger partial charge in [-0.2, -0.15) is 0 Å². The van der Waals surface area contributed by atoms with Gasteiger partial charge < -0.3 is 4.90 Å². The molecule has 2 rings (SSSR count). The van der Waals surface area contributed by atoms with Gasteiger partial charge in [-0.25, -0.2) is 0 Å². The number of hydrogen-bond donors (Lipinski definition) is 0. The lowest BCUT2D eigenvalue weighted by atomic mass is 10.3. The SMILES string of the molecule is ClCCCN(CC1CC1)C1CC1. The molecule has 0 amide bonds. The fourth-order valence-corrected chi connectivity index (χ4v) is 1.88. The minimum absolute atomic E-state index is 0.827. The maximum Gasteiger partial charge on any atom is 0.0235 e. The Bertz CT molecular complexity index is 141. The average molecular weight is 188 g/mol. The normalized spacial score (nSPS) is 23.5. The van der Waals surface area contributed by atoms with Crippen LogP contribution in [0.2, 0.25) is 0 Å². The summed E-state index contributed by atoms with van der Waals surface area (Å²) in [6.45, 7) is 2.60. The van der Waals surface area contributed by atoms with Gasteiger partial charge in [-0.3, -0.25) is 0 Å². The maximum atomic E-state index is 5.70. The molecule has 0 N–H and O–H groups in total. The molecule has 70 valence electrons. The molecule has 0 aromatic rings. The quantitative estimate of drug-likeness (QED) is 0.578. The van der Waals surface area contributed by atoms with E-state index in [-0.39, 0.29) is 0 Å². The van der Waals surface area contributed by atoms with Gasteiger partial charge in [0.1, 0.15) is 0 Å². The van der Waals surface area contributed by atoms with E-state index in [0.717, 1.165) is 17.8 Å². The van der Waals surface area contributed by atoms with Crippen molar-refractivity contribution in [3.05, 3.63) is 0 Å². The van der Waals surface area contributed by atoms with Crippen molar-refractivity contribution in [2.24, 2.45) is 5.92 Å². The Labute approximate surface area is 80.1 Å². The molecule has 0 heterocycles. The molecule has 0 aliphatic heterocycles. The molecule has 2 saturated carbocycles. The molecule has 2 aliphatic rings. The van der Waals surface area contributed by atoms with Gasteiger partial charge in [-0.15, -0.1) is 11.6 Å². The predicted molar refractivity (Wildman–Crippen MR) is 52.7 cm³/mol. The first-order valence-corrected chi connectivity index (χ1v) is 5.73. The van der Waals surface area contributed by atoms with Gasteiger partial charge in [0, 0.05) is 18.5 Å². The molecular formula is C10H18ClN. The van der Waals surface area contributed by atoms with Crippen LogP contribution in [0.1, 0.15) is 32.1 Å². The third-order valence-corrected chi connectivity index (χ3v) is 3.10. The summed E-state index contributed by atoms with van der Waals surface area (Å²) in [5.74, 6) is 1.87. The Morgan fingerprint density at radius 1 is 1.17 bits per heavy atom. The van der Waals surface area contributed by atoms with Crippen LogP contribution in [0.5, 0.6) is 0 Å². The smallest absolute Gasteiger partial charge is 0.0235 e. The Hall–Kier alpha value is 0.250. The molecule has 0 aromatic carbocycles. The molecular weight excluding hydrogens is 170 g/mol.